The SMILES string of the molecule is C=C.C=C.CN1Cc2ccccc2Cc2ccccc21. The van der Waals surface area contributed by atoms with E-state index in [0.717, 1.165) is 13.0 Å². The average molecular weight is 265 g/mol. The summed E-state index contributed by atoms with van der Waals surface area (Å²) in [7, 11) is 2.17. The topological polar surface area (TPSA) is 3.24 Å². The van der Waals surface area contributed by atoms with Crippen LogP contribution in [-0.2, 0) is 13.0 Å². The lowest BCUT2D eigenvalue weighted by atomic mass is 10.0. The van der Waals surface area contributed by atoms with Crippen molar-refractivity contribution in [2.45, 2.75) is 13.0 Å². The van der Waals surface area contributed by atoms with E-state index >= 15 is 0 Å². The zero-order chi connectivity index (χ0) is 15.0. The minimum Gasteiger partial charge on any atom is -0.370 e. The molecule has 1 heterocycles. The summed E-state index contributed by atoms with van der Waals surface area (Å²) in [6.07, 6.45) is 1.05. The number of nitrogens with zero attached hydrogens (tertiary/aromatic N) is 1. The zero-order valence-electron chi connectivity index (χ0n) is 12.3. The second-order valence-corrected chi connectivity index (χ2v) is 4.43. The van der Waals surface area contributed by atoms with E-state index in [9.17, 15) is 0 Å². The molecular formula is C19H23N. The normalized spacial score (nSPS) is 11.6. The van der Waals surface area contributed by atoms with E-state index in [1.54, 1.807) is 0 Å². The predicted molar refractivity (Wildman–Crippen MR) is 90.3 cm³/mol. The number of para-hydroxylation sites is 1. The van der Waals surface area contributed by atoms with E-state index in [0.29, 0.717) is 0 Å². The average Bonchev–Trinajstić information content (AvgIpc) is 2.67. The third-order valence-corrected chi connectivity index (χ3v) is 3.31. The fourth-order valence-corrected chi connectivity index (χ4v) is 2.46. The molecule has 1 heteroatoms. The van der Waals surface area contributed by atoms with Gasteiger partial charge >= 0.3 is 0 Å². The van der Waals surface area contributed by atoms with Crippen LogP contribution in [0.4, 0.5) is 5.69 Å². The molecule has 0 N–H and O–H groups in total. The van der Waals surface area contributed by atoms with Gasteiger partial charge < -0.3 is 4.90 Å². The van der Waals surface area contributed by atoms with E-state index in [1.165, 1.54) is 22.4 Å². The van der Waals surface area contributed by atoms with Gasteiger partial charge in [-0.15, -0.1) is 26.3 Å². The van der Waals surface area contributed by atoms with Gasteiger partial charge in [0.25, 0.3) is 0 Å². The molecular weight excluding hydrogens is 242 g/mol. The summed E-state index contributed by atoms with van der Waals surface area (Å²) in [6.45, 7) is 13.0. The number of hydrogen-bond donors (Lipinski definition) is 0. The molecule has 2 aromatic carbocycles. The highest BCUT2D eigenvalue weighted by Gasteiger charge is 2.15. The maximum atomic E-state index is 3.00. The summed E-state index contributed by atoms with van der Waals surface area (Å²) in [5, 5.41) is 0. The van der Waals surface area contributed by atoms with Crippen molar-refractivity contribution in [1.82, 2.24) is 0 Å². The molecule has 104 valence electrons. The van der Waals surface area contributed by atoms with Crippen molar-refractivity contribution in [2.24, 2.45) is 0 Å². The maximum absolute atomic E-state index is 3.00. The van der Waals surface area contributed by atoms with E-state index in [-0.39, 0.29) is 0 Å². The van der Waals surface area contributed by atoms with E-state index in [2.05, 4.69) is 86.8 Å². The molecule has 0 saturated heterocycles. The molecule has 0 fully saturated rings. The molecule has 0 aliphatic carbocycles. The van der Waals surface area contributed by atoms with Gasteiger partial charge in [0.15, 0.2) is 0 Å². The van der Waals surface area contributed by atoms with Crippen LogP contribution in [0.3, 0.4) is 0 Å². The second kappa shape index (κ2) is 8.00. The number of hydrogen-bond acceptors (Lipinski definition) is 1. The van der Waals surface area contributed by atoms with E-state index in [4.69, 9.17) is 0 Å². The Hall–Kier alpha value is -2.28. The first-order valence-corrected chi connectivity index (χ1v) is 6.70. The fraction of sp³-hybridized carbons (Fsp3) is 0.158. The van der Waals surface area contributed by atoms with Crippen LogP contribution < -0.4 is 4.90 Å². The molecule has 0 saturated carbocycles. The van der Waals surface area contributed by atoms with Crippen LogP contribution in [-0.4, -0.2) is 7.05 Å². The minimum absolute atomic E-state index is 1.01. The molecule has 0 unspecified atom stereocenters. The molecule has 0 spiro atoms. The first-order valence-electron chi connectivity index (χ1n) is 6.70. The molecule has 1 nitrogen and oxygen atoms in total. The predicted octanol–water partition coefficient (Wildman–Crippen LogP) is 4.83. The van der Waals surface area contributed by atoms with Gasteiger partial charge in [0.1, 0.15) is 0 Å². The molecule has 0 radical (unpaired) electrons. The largest absolute Gasteiger partial charge is 0.370 e. The molecule has 3 rings (SSSR count). The summed E-state index contributed by atoms with van der Waals surface area (Å²) < 4.78 is 0. The highest BCUT2D eigenvalue weighted by Crippen LogP contribution is 2.28. The third-order valence-electron chi connectivity index (χ3n) is 3.31. The quantitative estimate of drug-likeness (QED) is 0.617. The van der Waals surface area contributed by atoms with Crippen molar-refractivity contribution in [3.8, 4) is 0 Å². The van der Waals surface area contributed by atoms with Gasteiger partial charge in [0.2, 0.25) is 0 Å². The van der Waals surface area contributed by atoms with Gasteiger partial charge in [-0.25, -0.2) is 0 Å². The van der Waals surface area contributed by atoms with E-state index < -0.39 is 0 Å². The monoisotopic (exact) mass is 265 g/mol. The summed E-state index contributed by atoms with van der Waals surface area (Å²) in [6, 6.07) is 17.4. The standard InChI is InChI=1S/C15H15N.2C2H4/c1-16-11-14-8-3-2-6-12(14)10-13-7-4-5-9-15(13)16;2*1-2/h2-9H,10-11H2,1H3;2*1-2H2. The Morgan fingerprint density at radius 2 is 1.25 bits per heavy atom. The molecule has 2 aromatic rings. The molecule has 0 bridgehead atoms. The smallest absolute Gasteiger partial charge is 0.0429 e. The highest BCUT2D eigenvalue weighted by molar-refractivity contribution is 5.57. The van der Waals surface area contributed by atoms with Crippen LogP contribution in [0.25, 0.3) is 0 Å². The molecule has 1 aliphatic rings. The molecule has 1 aliphatic heterocycles. The van der Waals surface area contributed by atoms with Crippen molar-refractivity contribution in [3.63, 3.8) is 0 Å². The van der Waals surface area contributed by atoms with Gasteiger partial charge in [-0.2, -0.15) is 0 Å². The second-order valence-electron chi connectivity index (χ2n) is 4.43. The maximum Gasteiger partial charge on any atom is 0.0429 e. The van der Waals surface area contributed by atoms with Crippen molar-refractivity contribution in [2.75, 3.05) is 11.9 Å². The lowest BCUT2D eigenvalue weighted by molar-refractivity contribution is 0.926. The Bertz CT molecular complexity index is 543. The van der Waals surface area contributed by atoms with Crippen LogP contribution in [0.2, 0.25) is 0 Å². The number of benzene rings is 2. The zero-order valence-corrected chi connectivity index (χ0v) is 12.3. The van der Waals surface area contributed by atoms with Crippen molar-refractivity contribution in [1.29, 1.82) is 0 Å². The van der Waals surface area contributed by atoms with Crippen molar-refractivity contribution in [3.05, 3.63) is 91.5 Å². The van der Waals surface area contributed by atoms with Crippen LogP contribution in [0.15, 0.2) is 74.8 Å². The van der Waals surface area contributed by atoms with Gasteiger partial charge in [-0.1, -0.05) is 42.5 Å². The van der Waals surface area contributed by atoms with Crippen LogP contribution in [0.1, 0.15) is 16.7 Å². The summed E-state index contributed by atoms with van der Waals surface area (Å²) >= 11 is 0. The highest BCUT2D eigenvalue weighted by atomic mass is 15.1. The fourth-order valence-electron chi connectivity index (χ4n) is 2.46. The first-order chi connectivity index (χ1) is 9.84. The van der Waals surface area contributed by atoms with Gasteiger partial charge in [-0.05, 0) is 29.2 Å². The Balaban J connectivity index is 0.000000461. The van der Waals surface area contributed by atoms with Gasteiger partial charge in [-0.3, -0.25) is 0 Å². The molecule has 0 atom stereocenters. The Morgan fingerprint density at radius 1 is 0.750 bits per heavy atom. The lowest BCUT2D eigenvalue weighted by Crippen LogP contribution is -2.16. The first kappa shape index (κ1) is 15.8. The van der Waals surface area contributed by atoms with Gasteiger partial charge in [0.05, 0.1) is 0 Å². The molecule has 0 aromatic heterocycles. The molecule has 20 heavy (non-hydrogen) atoms. The Morgan fingerprint density at radius 3 is 1.90 bits per heavy atom. The van der Waals surface area contributed by atoms with E-state index in [1.807, 2.05) is 0 Å². The number of rotatable bonds is 0. The third kappa shape index (κ3) is 3.39. The Kier molecular flexibility index (Phi) is 6.31. The minimum atomic E-state index is 1.01. The van der Waals surface area contributed by atoms with Crippen LogP contribution in [0, 0.1) is 0 Å². The summed E-state index contributed by atoms with van der Waals surface area (Å²) in [5.74, 6) is 0. The summed E-state index contributed by atoms with van der Waals surface area (Å²) in [5.41, 5.74) is 5.69. The van der Waals surface area contributed by atoms with Crippen LogP contribution in [0.5, 0.6) is 0 Å². The molecule has 0 amide bonds. The van der Waals surface area contributed by atoms with Gasteiger partial charge in [0, 0.05) is 19.3 Å². The Labute approximate surface area is 122 Å². The summed E-state index contributed by atoms with van der Waals surface area (Å²) in [4.78, 5) is 2.33. The van der Waals surface area contributed by atoms with Crippen molar-refractivity contribution >= 4 is 5.69 Å². The number of fused-ring (bicyclic) bond motifs is 2. The van der Waals surface area contributed by atoms with Crippen LogP contribution >= 0.6 is 0 Å². The van der Waals surface area contributed by atoms with Crippen molar-refractivity contribution < 1.29 is 0 Å². The lowest BCUT2D eigenvalue weighted by Gasteiger charge is -2.19. The number of anilines is 1.